The predicted octanol–water partition coefficient (Wildman–Crippen LogP) is 1.72. The first-order valence-electron chi connectivity index (χ1n) is 5.86. The molecule has 0 aliphatic carbocycles. The molecule has 1 N–H and O–H groups in total. The van der Waals surface area contributed by atoms with Crippen molar-refractivity contribution in [1.29, 1.82) is 0 Å². The lowest BCUT2D eigenvalue weighted by Gasteiger charge is -2.10. The maximum absolute atomic E-state index is 12.1. The van der Waals surface area contributed by atoms with E-state index in [9.17, 15) is 13.2 Å². The number of nitrogens with one attached hydrogen (secondary N) is 1. The van der Waals surface area contributed by atoms with Gasteiger partial charge in [-0.3, -0.25) is 10.1 Å². The second-order valence-electron chi connectivity index (χ2n) is 4.40. The lowest BCUT2D eigenvalue weighted by molar-refractivity contribution is 0.103. The lowest BCUT2D eigenvalue weighted by Crippen LogP contribution is -2.22. The first-order chi connectivity index (χ1) is 9.71. The fourth-order valence-corrected chi connectivity index (χ4v) is 4.47. The fraction of sp³-hybridized carbons (Fsp3) is 0.364. The Morgan fingerprint density at radius 3 is 2.43 bits per heavy atom. The summed E-state index contributed by atoms with van der Waals surface area (Å²) in [7, 11) is -0.641. The number of amides is 1. The zero-order chi connectivity index (χ0) is 15.8. The van der Waals surface area contributed by atoms with Gasteiger partial charge in [0, 0.05) is 19.0 Å². The Morgan fingerprint density at radius 2 is 1.90 bits per heavy atom. The van der Waals surface area contributed by atoms with Gasteiger partial charge in [0.1, 0.15) is 5.01 Å². The van der Waals surface area contributed by atoms with E-state index in [1.807, 2.05) is 0 Å². The largest absolute Gasteiger partial charge is 0.296 e. The molecule has 21 heavy (non-hydrogen) atoms. The van der Waals surface area contributed by atoms with Crippen molar-refractivity contribution in [2.24, 2.45) is 0 Å². The summed E-state index contributed by atoms with van der Waals surface area (Å²) >= 11 is 2.39. The van der Waals surface area contributed by atoms with Crippen LogP contribution in [-0.2, 0) is 10.0 Å². The van der Waals surface area contributed by atoms with Crippen molar-refractivity contribution in [3.05, 3.63) is 20.8 Å². The standard InChI is InChI=1S/C11H14N4O3S3/c1-6-9(21(17,18)15(3)4)5-8(19-6)10(16)12-11-14-13-7(2)20-11/h5H,1-4H3,(H,12,14,16). The molecule has 0 saturated heterocycles. The number of rotatable bonds is 4. The number of anilines is 1. The highest BCUT2D eigenvalue weighted by Gasteiger charge is 2.24. The number of sulfonamides is 1. The number of hydrogen-bond acceptors (Lipinski definition) is 7. The van der Waals surface area contributed by atoms with E-state index in [2.05, 4.69) is 15.5 Å². The number of carbonyl (C=O) groups excluding carboxylic acids is 1. The smallest absolute Gasteiger partial charge is 0.267 e. The van der Waals surface area contributed by atoms with Crippen molar-refractivity contribution in [1.82, 2.24) is 14.5 Å². The van der Waals surface area contributed by atoms with Gasteiger partial charge in [-0.25, -0.2) is 12.7 Å². The second kappa shape index (κ2) is 5.79. The van der Waals surface area contributed by atoms with E-state index in [1.54, 1.807) is 13.8 Å². The number of aromatic nitrogens is 2. The molecule has 0 fully saturated rings. The molecule has 2 rings (SSSR count). The number of hydrogen-bond donors (Lipinski definition) is 1. The van der Waals surface area contributed by atoms with E-state index >= 15 is 0 Å². The van der Waals surface area contributed by atoms with Crippen molar-refractivity contribution in [2.45, 2.75) is 18.7 Å². The van der Waals surface area contributed by atoms with E-state index in [0.29, 0.717) is 14.9 Å². The van der Waals surface area contributed by atoms with Gasteiger partial charge in [-0.15, -0.1) is 21.5 Å². The highest BCUT2D eigenvalue weighted by atomic mass is 32.2. The van der Waals surface area contributed by atoms with Crippen LogP contribution < -0.4 is 5.32 Å². The van der Waals surface area contributed by atoms with Gasteiger partial charge >= 0.3 is 0 Å². The monoisotopic (exact) mass is 346 g/mol. The van der Waals surface area contributed by atoms with E-state index in [4.69, 9.17) is 0 Å². The van der Waals surface area contributed by atoms with Crippen LogP contribution in [0.1, 0.15) is 19.6 Å². The number of nitrogens with zero attached hydrogens (tertiary/aromatic N) is 3. The van der Waals surface area contributed by atoms with Crippen LogP contribution >= 0.6 is 22.7 Å². The third kappa shape index (κ3) is 3.28. The molecule has 114 valence electrons. The summed E-state index contributed by atoms with van der Waals surface area (Å²) in [5.74, 6) is -0.389. The van der Waals surface area contributed by atoms with Crippen LogP contribution in [0.25, 0.3) is 0 Å². The Balaban J connectivity index is 2.28. The van der Waals surface area contributed by atoms with Gasteiger partial charge in [0.25, 0.3) is 5.91 Å². The van der Waals surface area contributed by atoms with Crippen LogP contribution in [0.3, 0.4) is 0 Å². The quantitative estimate of drug-likeness (QED) is 0.910. The minimum atomic E-state index is -3.55. The van der Waals surface area contributed by atoms with Gasteiger partial charge < -0.3 is 0 Å². The second-order valence-corrected chi connectivity index (χ2v) is 8.96. The summed E-state index contributed by atoms with van der Waals surface area (Å²) in [5, 5.41) is 11.3. The molecule has 0 aliphatic heterocycles. The van der Waals surface area contributed by atoms with Gasteiger partial charge in [-0.2, -0.15) is 0 Å². The third-order valence-corrected chi connectivity index (χ3v) is 6.48. The predicted molar refractivity (Wildman–Crippen MR) is 82.5 cm³/mol. The summed E-state index contributed by atoms with van der Waals surface area (Å²) in [6.45, 7) is 3.46. The average molecular weight is 346 g/mol. The normalized spacial score (nSPS) is 11.9. The number of thiophene rings is 1. The molecule has 10 heteroatoms. The maximum Gasteiger partial charge on any atom is 0.267 e. The minimum absolute atomic E-state index is 0.149. The van der Waals surface area contributed by atoms with Gasteiger partial charge in [0.05, 0.1) is 9.77 Å². The van der Waals surface area contributed by atoms with Crippen molar-refractivity contribution in [3.63, 3.8) is 0 Å². The first kappa shape index (κ1) is 16.0. The molecule has 2 aromatic rings. The molecular formula is C11H14N4O3S3. The Morgan fingerprint density at radius 1 is 1.24 bits per heavy atom. The summed E-state index contributed by atoms with van der Waals surface area (Å²) < 4.78 is 25.4. The minimum Gasteiger partial charge on any atom is -0.296 e. The van der Waals surface area contributed by atoms with Crippen LogP contribution in [0.4, 0.5) is 5.13 Å². The molecule has 0 radical (unpaired) electrons. The van der Waals surface area contributed by atoms with E-state index < -0.39 is 10.0 Å². The average Bonchev–Trinajstić information content (AvgIpc) is 2.95. The Kier molecular flexibility index (Phi) is 4.42. The van der Waals surface area contributed by atoms with Crippen molar-refractivity contribution >= 4 is 43.7 Å². The summed E-state index contributed by atoms with van der Waals surface area (Å²) in [4.78, 5) is 13.2. The molecule has 0 aliphatic rings. The van der Waals surface area contributed by atoms with Gasteiger partial charge in [-0.05, 0) is 19.9 Å². The SMILES string of the molecule is Cc1nnc(NC(=O)c2cc(S(=O)(=O)N(C)C)c(C)s2)s1. The summed E-state index contributed by atoms with van der Waals surface area (Å²) in [6.07, 6.45) is 0. The van der Waals surface area contributed by atoms with Crippen LogP contribution in [-0.4, -0.2) is 42.9 Å². The van der Waals surface area contributed by atoms with E-state index in [-0.39, 0.29) is 10.8 Å². The zero-order valence-electron chi connectivity index (χ0n) is 11.9. The fourth-order valence-electron chi connectivity index (χ4n) is 1.54. The zero-order valence-corrected chi connectivity index (χ0v) is 14.3. The van der Waals surface area contributed by atoms with Gasteiger partial charge in [0.2, 0.25) is 15.2 Å². The molecule has 0 aromatic carbocycles. The Labute approximate surface area is 130 Å². The molecule has 1 amide bonds. The molecule has 0 saturated carbocycles. The van der Waals surface area contributed by atoms with Crippen molar-refractivity contribution in [2.75, 3.05) is 19.4 Å². The number of carbonyl (C=O) groups is 1. The van der Waals surface area contributed by atoms with Crippen LogP contribution in [0.5, 0.6) is 0 Å². The summed E-state index contributed by atoms with van der Waals surface area (Å²) in [6, 6.07) is 1.39. The van der Waals surface area contributed by atoms with Gasteiger partial charge in [-0.1, -0.05) is 11.3 Å². The topological polar surface area (TPSA) is 92.3 Å². The summed E-state index contributed by atoms with van der Waals surface area (Å²) in [5.41, 5.74) is 0. The first-order valence-corrected chi connectivity index (χ1v) is 8.93. The van der Waals surface area contributed by atoms with Crippen LogP contribution in [0.2, 0.25) is 0 Å². The maximum atomic E-state index is 12.1. The Bertz CT molecular complexity index is 776. The molecule has 0 unspecified atom stereocenters. The van der Waals surface area contributed by atoms with E-state index in [0.717, 1.165) is 20.6 Å². The number of aryl methyl sites for hydroxylation is 2. The Hall–Kier alpha value is -1.36. The highest BCUT2D eigenvalue weighted by Crippen LogP contribution is 2.28. The van der Waals surface area contributed by atoms with Crippen molar-refractivity contribution in [3.8, 4) is 0 Å². The molecule has 0 bridgehead atoms. The molecular weight excluding hydrogens is 332 g/mol. The van der Waals surface area contributed by atoms with Crippen LogP contribution in [0.15, 0.2) is 11.0 Å². The molecule has 2 aromatic heterocycles. The van der Waals surface area contributed by atoms with Crippen LogP contribution in [0, 0.1) is 13.8 Å². The van der Waals surface area contributed by atoms with Crippen molar-refractivity contribution < 1.29 is 13.2 Å². The highest BCUT2D eigenvalue weighted by molar-refractivity contribution is 7.89. The van der Waals surface area contributed by atoms with Gasteiger partial charge in [0.15, 0.2) is 0 Å². The van der Waals surface area contributed by atoms with E-state index in [1.165, 1.54) is 31.5 Å². The third-order valence-electron chi connectivity index (χ3n) is 2.60. The molecule has 7 nitrogen and oxygen atoms in total. The lowest BCUT2D eigenvalue weighted by atomic mass is 10.4. The molecule has 2 heterocycles. The molecule has 0 atom stereocenters. The molecule has 0 spiro atoms.